The molecule has 0 saturated carbocycles. The average Bonchev–Trinajstić information content (AvgIpc) is 2.98. The highest BCUT2D eigenvalue weighted by atomic mass is 32.2. The molecule has 0 radical (unpaired) electrons. The Hall–Kier alpha value is -1.02. The molecule has 0 aromatic heterocycles. The van der Waals surface area contributed by atoms with Crippen molar-refractivity contribution in [3.63, 3.8) is 0 Å². The molecule has 0 aliphatic carbocycles. The second-order valence-electron chi connectivity index (χ2n) is 4.13. The third kappa shape index (κ3) is 2.39. The van der Waals surface area contributed by atoms with Gasteiger partial charge in [-0.15, -0.1) is 0 Å². The fraction of sp³-hybridized carbons (Fsp3) is 0.600. The van der Waals surface area contributed by atoms with Gasteiger partial charge in [0.15, 0.2) is 10.3 Å². The van der Waals surface area contributed by atoms with Crippen LogP contribution in [0.5, 0.6) is 0 Å². The van der Waals surface area contributed by atoms with Crippen LogP contribution >= 0.6 is 23.5 Å². The van der Waals surface area contributed by atoms with Crippen LogP contribution in [-0.4, -0.2) is 69.6 Å². The van der Waals surface area contributed by atoms with E-state index in [-0.39, 0.29) is 11.8 Å². The highest BCUT2D eigenvalue weighted by Gasteiger charge is 2.28. The Balaban J connectivity index is 1.58. The van der Waals surface area contributed by atoms with E-state index >= 15 is 0 Å². The van der Waals surface area contributed by atoms with Crippen LogP contribution in [0, 0.1) is 0 Å². The minimum Gasteiger partial charge on any atom is -0.348 e. The molecule has 0 bridgehead atoms. The summed E-state index contributed by atoms with van der Waals surface area (Å²) >= 11 is 3.02. The van der Waals surface area contributed by atoms with E-state index in [0.29, 0.717) is 11.5 Å². The third-order valence-corrected chi connectivity index (χ3v) is 4.91. The first-order chi connectivity index (χ1) is 8.72. The number of nitrogens with zero attached hydrogens (tertiary/aromatic N) is 4. The molecule has 2 amide bonds. The SMILES string of the molecule is O=C1CSC(N2CCN(C3=NC(=O)CS3)CC2)=N1. The number of piperazine rings is 1. The Labute approximate surface area is 113 Å². The molecule has 0 aromatic carbocycles. The van der Waals surface area contributed by atoms with Gasteiger partial charge in [-0.25, -0.2) is 0 Å². The van der Waals surface area contributed by atoms with E-state index in [2.05, 4.69) is 19.8 Å². The van der Waals surface area contributed by atoms with Crippen molar-refractivity contribution in [3.8, 4) is 0 Å². The molecular weight excluding hydrogens is 272 g/mol. The maximum absolute atomic E-state index is 11.1. The summed E-state index contributed by atoms with van der Waals surface area (Å²) in [6, 6.07) is 0. The Morgan fingerprint density at radius 2 is 1.17 bits per heavy atom. The van der Waals surface area contributed by atoms with Crippen molar-refractivity contribution in [2.75, 3.05) is 37.7 Å². The zero-order valence-electron chi connectivity index (χ0n) is 9.66. The maximum Gasteiger partial charge on any atom is 0.258 e. The molecule has 3 rings (SSSR count). The zero-order valence-corrected chi connectivity index (χ0v) is 11.3. The third-order valence-electron chi connectivity index (χ3n) is 2.91. The number of amidine groups is 2. The molecule has 0 N–H and O–H groups in total. The number of carbonyl (C=O) groups is 2. The first-order valence-corrected chi connectivity index (χ1v) is 7.68. The van der Waals surface area contributed by atoms with Gasteiger partial charge >= 0.3 is 0 Å². The highest BCUT2D eigenvalue weighted by molar-refractivity contribution is 8.15. The monoisotopic (exact) mass is 284 g/mol. The lowest BCUT2D eigenvalue weighted by atomic mass is 10.3. The second-order valence-corrected chi connectivity index (χ2v) is 6.01. The first-order valence-electron chi connectivity index (χ1n) is 5.71. The Morgan fingerprint density at radius 3 is 1.44 bits per heavy atom. The number of hydrogen-bond donors (Lipinski definition) is 0. The standard InChI is InChI=1S/C10H12N4O2S2/c15-7-5-17-9(11-7)13-1-2-14(4-3-13)10-12-8(16)6-18-10/h1-6H2. The molecule has 1 fully saturated rings. The molecule has 8 heteroatoms. The average molecular weight is 284 g/mol. The summed E-state index contributed by atoms with van der Waals surface area (Å²) in [6.07, 6.45) is 0. The van der Waals surface area contributed by atoms with Gasteiger partial charge in [-0.05, 0) is 0 Å². The van der Waals surface area contributed by atoms with Crippen LogP contribution in [0.1, 0.15) is 0 Å². The van der Waals surface area contributed by atoms with Gasteiger partial charge < -0.3 is 9.80 Å². The lowest BCUT2D eigenvalue weighted by Gasteiger charge is -2.35. The predicted molar refractivity (Wildman–Crippen MR) is 72.9 cm³/mol. The largest absolute Gasteiger partial charge is 0.348 e. The summed E-state index contributed by atoms with van der Waals surface area (Å²) in [4.78, 5) is 34.5. The Kier molecular flexibility index (Phi) is 3.29. The minimum absolute atomic E-state index is 0.0428. The molecule has 96 valence electrons. The Morgan fingerprint density at radius 1 is 0.778 bits per heavy atom. The number of rotatable bonds is 0. The van der Waals surface area contributed by atoms with Crippen LogP contribution in [0.4, 0.5) is 0 Å². The molecule has 0 spiro atoms. The van der Waals surface area contributed by atoms with Gasteiger partial charge in [0.2, 0.25) is 0 Å². The number of amides is 2. The van der Waals surface area contributed by atoms with Crippen LogP contribution in [-0.2, 0) is 9.59 Å². The van der Waals surface area contributed by atoms with E-state index in [9.17, 15) is 9.59 Å². The first kappa shape index (κ1) is 12.0. The lowest BCUT2D eigenvalue weighted by Crippen LogP contribution is -2.49. The minimum atomic E-state index is -0.0428. The van der Waals surface area contributed by atoms with Crippen molar-refractivity contribution in [1.82, 2.24) is 9.80 Å². The molecule has 0 aromatic rings. The summed E-state index contributed by atoms with van der Waals surface area (Å²) < 4.78 is 0. The molecule has 3 heterocycles. The van der Waals surface area contributed by atoms with E-state index in [1.807, 2.05) is 0 Å². The van der Waals surface area contributed by atoms with Gasteiger partial charge in [-0.1, -0.05) is 23.5 Å². The highest BCUT2D eigenvalue weighted by Crippen LogP contribution is 2.21. The summed E-state index contributed by atoms with van der Waals surface area (Å²) in [6.45, 7) is 3.31. The van der Waals surface area contributed by atoms with Gasteiger partial charge in [0.1, 0.15) is 0 Å². The van der Waals surface area contributed by atoms with Crippen LogP contribution in [0.25, 0.3) is 0 Å². The van der Waals surface area contributed by atoms with E-state index in [1.54, 1.807) is 0 Å². The van der Waals surface area contributed by atoms with E-state index < -0.39 is 0 Å². The van der Waals surface area contributed by atoms with E-state index in [4.69, 9.17) is 0 Å². The topological polar surface area (TPSA) is 65.3 Å². The summed E-state index contributed by atoms with van der Waals surface area (Å²) in [7, 11) is 0. The van der Waals surface area contributed by atoms with Crippen molar-refractivity contribution in [2.24, 2.45) is 9.98 Å². The van der Waals surface area contributed by atoms with Crippen LogP contribution < -0.4 is 0 Å². The zero-order chi connectivity index (χ0) is 12.5. The van der Waals surface area contributed by atoms with Crippen molar-refractivity contribution in [3.05, 3.63) is 0 Å². The second kappa shape index (κ2) is 4.93. The predicted octanol–water partition coefficient (Wildman–Crippen LogP) is -0.137. The van der Waals surface area contributed by atoms with Crippen molar-refractivity contribution >= 4 is 45.7 Å². The molecule has 3 aliphatic rings. The van der Waals surface area contributed by atoms with Gasteiger partial charge in [-0.3, -0.25) is 9.59 Å². The molecule has 6 nitrogen and oxygen atoms in total. The molecule has 18 heavy (non-hydrogen) atoms. The smallest absolute Gasteiger partial charge is 0.258 e. The molecule has 0 unspecified atom stereocenters. The number of thioether (sulfide) groups is 2. The Bertz CT molecular complexity index is 413. The van der Waals surface area contributed by atoms with Crippen molar-refractivity contribution in [2.45, 2.75) is 0 Å². The van der Waals surface area contributed by atoms with Crippen molar-refractivity contribution in [1.29, 1.82) is 0 Å². The normalized spacial score (nSPS) is 24.7. The number of hydrogen-bond acceptors (Lipinski definition) is 6. The molecule has 1 saturated heterocycles. The molecular formula is C10H12N4O2S2. The van der Waals surface area contributed by atoms with Crippen LogP contribution in [0.2, 0.25) is 0 Å². The number of carbonyl (C=O) groups excluding carboxylic acids is 2. The van der Waals surface area contributed by atoms with E-state index in [0.717, 1.165) is 36.5 Å². The van der Waals surface area contributed by atoms with Gasteiger partial charge in [0, 0.05) is 26.2 Å². The van der Waals surface area contributed by atoms with E-state index in [1.165, 1.54) is 23.5 Å². The lowest BCUT2D eigenvalue weighted by molar-refractivity contribution is -0.116. The quantitative estimate of drug-likeness (QED) is 0.617. The van der Waals surface area contributed by atoms with Gasteiger partial charge in [0.05, 0.1) is 11.5 Å². The molecule has 3 aliphatic heterocycles. The molecule has 0 atom stereocenters. The number of aliphatic imine (C=N–C) groups is 2. The summed E-state index contributed by atoms with van der Waals surface area (Å²) in [5, 5.41) is 1.69. The fourth-order valence-corrected chi connectivity index (χ4v) is 3.71. The van der Waals surface area contributed by atoms with Crippen LogP contribution in [0.3, 0.4) is 0 Å². The maximum atomic E-state index is 11.1. The van der Waals surface area contributed by atoms with Crippen LogP contribution in [0.15, 0.2) is 9.98 Å². The van der Waals surface area contributed by atoms with Gasteiger partial charge in [-0.2, -0.15) is 9.98 Å². The summed E-state index contributed by atoms with van der Waals surface area (Å²) in [5.74, 6) is 0.844. The summed E-state index contributed by atoms with van der Waals surface area (Å²) in [5.41, 5.74) is 0. The van der Waals surface area contributed by atoms with Crippen molar-refractivity contribution < 1.29 is 9.59 Å². The fourth-order valence-electron chi connectivity index (χ4n) is 2.01. The van der Waals surface area contributed by atoms with Gasteiger partial charge in [0.25, 0.3) is 11.8 Å².